The van der Waals surface area contributed by atoms with Crippen molar-refractivity contribution >= 4 is 15.9 Å². The SMILES string of the molecule is CCc1ccc(S(=O)(=O)NCC(=O)NCc2ccccc2OC)cc1. The fraction of sp³-hybridized carbons (Fsp3) is 0.278. The van der Waals surface area contributed by atoms with Crippen LogP contribution in [0.15, 0.2) is 53.4 Å². The monoisotopic (exact) mass is 362 g/mol. The van der Waals surface area contributed by atoms with Crippen molar-refractivity contribution in [2.45, 2.75) is 24.8 Å². The van der Waals surface area contributed by atoms with Gasteiger partial charge in [0.2, 0.25) is 15.9 Å². The molecule has 134 valence electrons. The Balaban J connectivity index is 1.90. The van der Waals surface area contributed by atoms with Crippen molar-refractivity contribution in [3.8, 4) is 5.75 Å². The van der Waals surface area contributed by atoms with Crippen LogP contribution in [0.2, 0.25) is 0 Å². The minimum atomic E-state index is -3.71. The average molecular weight is 362 g/mol. The predicted molar refractivity (Wildman–Crippen MR) is 95.8 cm³/mol. The third-order valence-corrected chi connectivity index (χ3v) is 5.15. The highest BCUT2D eigenvalue weighted by molar-refractivity contribution is 7.89. The second-order valence-corrected chi connectivity index (χ2v) is 7.18. The van der Waals surface area contributed by atoms with Crippen LogP contribution in [-0.2, 0) is 27.8 Å². The van der Waals surface area contributed by atoms with E-state index in [0.717, 1.165) is 17.5 Å². The number of nitrogens with one attached hydrogen (secondary N) is 2. The van der Waals surface area contributed by atoms with Gasteiger partial charge in [-0.05, 0) is 30.2 Å². The molecular formula is C18H22N2O4S. The summed E-state index contributed by atoms with van der Waals surface area (Å²) in [5.74, 6) is 0.249. The smallest absolute Gasteiger partial charge is 0.241 e. The molecule has 0 aliphatic heterocycles. The molecule has 0 bridgehead atoms. The van der Waals surface area contributed by atoms with Crippen molar-refractivity contribution in [2.75, 3.05) is 13.7 Å². The number of ether oxygens (including phenoxy) is 1. The van der Waals surface area contributed by atoms with Gasteiger partial charge in [-0.25, -0.2) is 13.1 Å². The van der Waals surface area contributed by atoms with Gasteiger partial charge in [0.1, 0.15) is 5.75 Å². The first-order valence-corrected chi connectivity index (χ1v) is 9.41. The second kappa shape index (κ2) is 8.64. The number of hydrogen-bond acceptors (Lipinski definition) is 4. The van der Waals surface area contributed by atoms with Crippen molar-refractivity contribution in [3.63, 3.8) is 0 Å². The Morgan fingerprint density at radius 3 is 2.40 bits per heavy atom. The normalized spacial score (nSPS) is 11.1. The number of rotatable bonds is 8. The predicted octanol–water partition coefficient (Wildman–Crippen LogP) is 1.85. The quantitative estimate of drug-likeness (QED) is 0.751. The number of carbonyl (C=O) groups excluding carboxylic acids is 1. The lowest BCUT2D eigenvalue weighted by atomic mass is 10.2. The van der Waals surface area contributed by atoms with Crippen molar-refractivity contribution in [1.29, 1.82) is 0 Å². The minimum absolute atomic E-state index is 0.141. The summed E-state index contributed by atoms with van der Waals surface area (Å²) >= 11 is 0. The standard InChI is InChI=1S/C18H22N2O4S/c1-3-14-8-10-16(11-9-14)25(22,23)20-13-18(21)19-12-15-6-4-5-7-17(15)24-2/h4-11,20H,3,12-13H2,1-2H3,(H,19,21). The molecule has 0 spiro atoms. The Morgan fingerprint density at radius 1 is 1.08 bits per heavy atom. The van der Waals surface area contributed by atoms with E-state index in [1.54, 1.807) is 25.3 Å². The summed E-state index contributed by atoms with van der Waals surface area (Å²) in [5, 5.41) is 2.67. The number of amides is 1. The molecule has 2 rings (SSSR count). The number of sulfonamides is 1. The maximum absolute atomic E-state index is 12.2. The van der Waals surface area contributed by atoms with E-state index in [0.29, 0.717) is 5.75 Å². The highest BCUT2D eigenvalue weighted by Gasteiger charge is 2.15. The maximum atomic E-state index is 12.2. The Labute approximate surface area is 148 Å². The summed E-state index contributed by atoms with van der Waals surface area (Å²) in [7, 11) is -2.16. The van der Waals surface area contributed by atoms with Crippen molar-refractivity contribution < 1.29 is 17.9 Å². The van der Waals surface area contributed by atoms with Gasteiger partial charge in [0.05, 0.1) is 18.6 Å². The van der Waals surface area contributed by atoms with Gasteiger partial charge in [0.15, 0.2) is 0 Å². The van der Waals surface area contributed by atoms with Gasteiger partial charge >= 0.3 is 0 Å². The zero-order chi connectivity index (χ0) is 18.3. The maximum Gasteiger partial charge on any atom is 0.241 e. The molecule has 7 heteroatoms. The number of aryl methyl sites for hydroxylation is 1. The third-order valence-electron chi connectivity index (χ3n) is 3.73. The van der Waals surface area contributed by atoms with Crippen molar-refractivity contribution in [1.82, 2.24) is 10.0 Å². The Morgan fingerprint density at radius 2 is 1.76 bits per heavy atom. The van der Waals surface area contributed by atoms with Crippen LogP contribution in [0.1, 0.15) is 18.1 Å². The topological polar surface area (TPSA) is 84.5 Å². The first-order chi connectivity index (χ1) is 12.0. The Bertz CT molecular complexity index is 817. The third kappa shape index (κ3) is 5.30. The molecule has 6 nitrogen and oxygen atoms in total. The summed E-state index contributed by atoms with van der Waals surface area (Å²) < 4.78 is 31.9. The first-order valence-electron chi connectivity index (χ1n) is 7.93. The van der Waals surface area contributed by atoms with Crippen molar-refractivity contribution in [2.24, 2.45) is 0 Å². The minimum Gasteiger partial charge on any atom is -0.496 e. The van der Waals surface area contributed by atoms with Crippen LogP contribution in [-0.4, -0.2) is 28.0 Å². The molecule has 0 saturated carbocycles. The lowest BCUT2D eigenvalue weighted by Crippen LogP contribution is -2.36. The van der Waals surface area contributed by atoms with Gasteiger partial charge in [0, 0.05) is 12.1 Å². The number of hydrogen-bond donors (Lipinski definition) is 2. The van der Waals surface area contributed by atoms with Crippen LogP contribution in [0.4, 0.5) is 0 Å². The van der Waals surface area contributed by atoms with E-state index in [1.165, 1.54) is 12.1 Å². The first kappa shape index (κ1) is 19.0. The molecule has 0 radical (unpaired) electrons. The molecule has 0 heterocycles. The Hall–Kier alpha value is -2.38. The van der Waals surface area contributed by atoms with E-state index in [-0.39, 0.29) is 18.0 Å². The van der Waals surface area contributed by atoms with Gasteiger partial charge in [-0.3, -0.25) is 4.79 Å². The highest BCUT2D eigenvalue weighted by Crippen LogP contribution is 2.16. The van der Waals surface area contributed by atoms with Crippen molar-refractivity contribution in [3.05, 3.63) is 59.7 Å². The van der Waals surface area contributed by atoms with E-state index in [1.807, 2.05) is 25.1 Å². The number of methoxy groups -OCH3 is 1. The molecule has 0 aliphatic rings. The van der Waals surface area contributed by atoms with Crippen LogP contribution in [0.25, 0.3) is 0 Å². The lowest BCUT2D eigenvalue weighted by Gasteiger charge is -2.10. The molecule has 2 aromatic carbocycles. The van der Waals surface area contributed by atoms with Gasteiger partial charge < -0.3 is 10.1 Å². The number of para-hydroxylation sites is 1. The second-order valence-electron chi connectivity index (χ2n) is 5.41. The molecule has 1 amide bonds. The van der Waals surface area contributed by atoms with Crippen LogP contribution < -0.4 is 14.8 Å². The van der Waals surface area contributed by atoms with Crippen LogP contribution in [0, 0.1) is 0 Å². The van der Waals surface area contributed by atoms with E-state index < -0.39 is 15.9 Å². The van der Waals surface area contributed by atoms with E-state index in [9.17, 15) is 13.2 Å². The highest BCUT2D eigenvalue weighted by atomic mass is 32.2. The summed E-state index contributed by atoms with van der Waals surface area (Å²) in [6.07, 6.45) is 0.832. The molecule has 0 atom stereocenters. The fourth-order valence-electron chi connectivity index (χ4n) is 2.25. The zero-order valence-electron chi connectivity index (χ0n) is 14.3. The largest absolute Gasteiger partial charge is 0.496 e. The van der Waals surface area contributed by atoms with Gasteiger partial charge in [-0.15, -0.1) is 0 Å². The fourth-order valence-corrected chi connectivity index (χ4v) is 3.24. The van der Waals surface area contributed by atoms with Crippen LogP contribution in [0.3, 0.4) is 0 Å². The Kier molecular flexibility index (Phi) is 6.55. The molecule has 0 aromatic heterocycles. The van der Waals surface area contributed by atoms with Gasteiger partial charge in [-0.1, -0.05) is 37.3 Å². The number of carbonyl (C=O) groups is 1. The molecule has 2 aromatic rings. The van der Waals surface area contributed by atoms with E-state index in [2.05, 4.69) is 10.0 Å². The van der Waals surface area contributed by atoms with Gasteiger partial charge in [0.25, 0.3) is 0 Å². The van der Waals surface area contributed by atoms with Gasteiger partial charge in [-0.2, -0.15) is 0 Å². The molecule has 0 unspecified atom stereocenters. The molecule has 25 heavy (non-hydrogen) atoms. The van der Waals surface area contributed by atoms with E-state index in [4.69, 9.17) is 4.74 Å². The molecular weight excluding hydrogens is 340 g/mol. The average Bonchev–Trinajstić information content (AvgIpc) is 2.65. The summed E-state index contributed by atoms with van der Waals surface area (Å²) in [4.78, 5) is 12.1. The summed E-state index contributed by atoms with van der Waals surface area (Å²) in [6.45, 7) is 1.93. The molecule has 0 aliphatic carbocycles. The zero-order valence-corrected chi connectivity index (χ0v) is 15.1. The summed E-state index contributed by atoms with van der Waals surface area (Å²) in [5.41, 5.74) is 1.87. The molecule has 2 N–H and O–H groups in total. The molecule has 0 fully saturated rings. The number of benzene rings is 2. The summed E-state index contributed by atoms with van der Waals surface area (Å²) in [6, 6.07) is 13.9. The lowest BCUT2D eigenvalue weighted by molar-refractivity contribution is -0.120. The molecule has 0 saturated heterocycles. The van der Waals surface area contributed by atoms with Crippen LogP contribution in [0.5, 0.6) is 5.75 Å². The van der Waals surface area contributed by atoms with Crippen LogP contribution >= 0.6 is 0 Å². The van der Waals surface area contributed by atoms with E-state index >= 15 is 0 Å².